The van der Waals surface area contributed by atoms with Gasteiger partial charge < -0.3 is 10.2 Å². The van der Waals surface area contributed by atoms with E-state index < -0.39 is 6.03 Å². The quantitative estimate of drug-likeness (QED) is 0.841. The molecule has 0 aromatic heterocycles. The first-order valence-electron chi connectivity index (χ1n) is 6.30. The highest BCUT2D eigenvalue weighted by atomic mass is 16.2. The summed E-state index contributed by atoms with van der Waals surface area (Å²) in [4.78, 5) is 37.4. The predicted octanol–water partition coefficient (Wildman–Crippen LogP) is 1.14. The maximum Gasteiger partial charge on any atom is 0.327 e. The monoisotopic (exact) mass is 275 g/mol. The lowest BCUT2D eigenvalue weighted by molar-refractivity contribution is -0.129. The maximum absolute atomic E-state index is 11.9. The number of nitrogens with one attached hydrogen (secondary N) is 1. The zero-order valence-corrected chi connectivity index (χ0v) is 11.8. The first kappa shape index (κ1) is 14.0. The van der Waals surface area contributed by atoms with Crippen molar-refractivity contribution in [2.24, 2.45) is 0 Å². The Kier molecular flexibility index (Phi) is 3.74. The number of aryl methyl sites for hydroxylation is 2. The van der Waals surface area contributed by atoms with Crippen LogP contribution >= 0.6 is 0 Å². The Hall–Kier alpha value is -2.37. The Morgan fingerprint density at radius 1 is 1.20 bits per heavy atom. The van der Waals surface area contributed by atoms with Crippen molar-refractivity contribution in [2.75, 3.05) is 25.5 Å². The molecule has 0 radical (unpaired) electrons. The Balaban J connectivity index is 2.02. The number of anilines is 1. The minimum atomic E-state index is -0.439. The van der Waals surface area contributed by atoms with Crippen LogP contribution in [0.25, 0.3) is 0 Å². The molecule has 1 aliphatic rings. The Labute approximate surface area is 117 Å². The summed E-state index contributed by atoms with van der Waals surface area (Å²) in [6.07, 6.45) is 0. The van der Waals surface area contributed by atoms with E-state index in [9.17, 15) is 14.4 Å². The molecule has 0 saturated carbocycles. The zero-order valence-electron chi connectivity index (χ0n) is 11.8. The zero-order chi connectivity index (χ0) is 14.9. The fourth-order valence-corrected chi connectivity index (χ4v) is 2.22. The van der Waals surface area contributed by atoms with E-state index in [1.54, 1.807) is 0 Å². The van der Waals surface area contributed by atoms with Crippen LogP contribution in [0.2, 0.25) is 0 Å². The minimum absolute atomic E-state index is 0.0235. The van der Waals surface area contributed by atoms with Gasteiger partial charge in [0, 0.05) is 12.7 Å². The Morgan fingerprint density at radius 2 is 1.80 bits per heavy atom. The van der Waals surface area contributed by atoms with Gasteiger partial charge in [-0.1, -0.05) is 6.07 Å². The molecule has 4 amide bonds. The van der Waals surface area contributed by atoms with Gasteiger partial charge in [0.1, 0.15) is 13.1 Å². The normalized spacial score (nSPS) is 14.9. The molecule has 1 aromatic rings. The molecule has 1 saturated heterocycles. The molecule has 20 heavy (non-hydrogen) atoms. The van der Waals surface area contributed by atoms with E-state index in [-0.39, 0.29) is 24.9 Å². The van der Waals surface area contributed by atoms with E-state index in [1.807, 2.05) is 32.0 Å². The van der Waals surface area contributed by atoms with Crippen LogP contribution in [0.15, 0.2) is 18.2 Å². The summed E-state index contributed by atoms with van der Waals surface area (Å²) in [7, 11) is 1.53. The van der Waals surface area contributed by atoms with Crippen LogP contribution in [0.5, 0.6) is 0 Å². The first-order valence-corrected chi connectivity index (χ1v) is 6.30. The smallest absolute Gasteiger partial charge is 0.325 e. The summed E-state index contributed by atoms with van der Waals surface area (Å²) in [6.45, 7) is 3.64. The molecule has 1 fully saturated rings. The second kappa shape index (κ2) is 5.32. The van der Waals surface area contributed by atoms with Crippen molar-refractivity contribution in [3.8, 4) is 0 Å². The lowest BCUT2D eigenvalue weighted by Gasteiger charge is -2.14. The number of likely N-dealkylation sites (N-methyl/N-ethyl adjacent to an activating group) is 1. The van der Waals surface area contributed by atoms with Crippen molar-refractivity contribution in [3.05, 3.63) is 29.3 Å². The van der Waals surface area contributed by atoms with Gasteiger partial charge in [-0.2, -0.15) is 0 Å². The van der Waals surface area contributed by atoms with Crippen LogP contribution in [-0.2, 0) is 9.59 Å². The van der Waals surface area contributed by atoms with Gasteiger partial charge in [0.05, 0.1) is 0 Å². The van der Waals surface area contributed by atoms with Crippen molar-refractivity contribution >= 4 is 23.5 Å². The van der Waals surface area contributed by atoms with Crippen LogP contribution in [0.4, 0.5) is 10.5 Å². The number of hydrogen-bond donors (Lipinski definition) is 1. The van der Waals surface area contributed by atoms with E-state index in [0.29, 0.717) is 5.69 Å². The van der Waals surface area contributed by atoms with Gasteiger partial charge in [-0.05, 0) is 37.1 Å². The average Bonchev–Trinajstić information content (AvgIpc) is 2.54. The Bertz CT molecular complexity index is 563. The molecule has 0 aliphatic carbocycles. The molecule has 0 spiro atoms. The van der Waals surface area contributed by atoms with E-state index in [1.165, 1.54) is 11.9 Å². The number of rotatable bonds is 3. The minimum Gasteiger partial charge on any atom is -0.325 e. The van der Waals surface area contributed by atoms with Gasteiger partial charge in [-0.3, -0.25) is 14.5 Å². The SMILES string of the molecule is Cc1cc(C)cc(NC(=O)CN2C(=O)CN(C)C2=O)c1. The number of amides is 4. The van der Waals surface area contributed by atoms with E-state index in [0.717, 1.165) is 16.0 Å². The van der Waals surface area contributed by atoms with Crippen molar-refractivity contribution in [2.45, 2.75) is 13.8 Å². The topological polar surface area (TPSA) is 69.7 Å². The van der Waals surface area contributed by atoms with E-state index >= 15 is 0 Å². The highest BCUT2D eigenvalue weighted by Crippen LogP contribution is 2.14. The molecule has 0 atom stereocenters. The standard InChI is InChI=1S/C14H17N3O3/c1-9-4-10(2)6-11(5-9)15-12(18)7-17-13(19)8-16(3)14(17)20/h4-6H,7-8H2,1-3H3,(H,15,18). The lowest BCUT2D eigenvalue weighted by Crippen LogP contribution is -2.38. The number of hydrogen-bond acceptors (Lipinski definition) is 3. The number of carbonyl (C=O) groups excluding carboxylic acids is 3. The van der Waals surface area contributed by atoms with Crippen LogP contribution in [0.3, 0.4) is 0 Å². The fourth-order valence-electron chi connectivity index (χ4n) is 2.22. The lowest BCUT2D eigenvalue weighted by atomic mass is 10.1. The van der Waals surface area contributed by atoms with Gasteiger partial charge in [-0.15, -0.1) is 0 Å². The number of nitrogens with zero attached hydrogens (tertiary/aromatic N) is 2. The highest BCUT2D eigenvalue weighted by Gasteiger charge is 2.34. The van der Waals surface area contributed by atoms with Crippen molar-refractivity contribution < 1.29 is 14.4 Å². The first-order chi connectivity index (χ1) is 9.36. The molecule has 1 N–H and O–H groups in total. The molecule has 1 heterocycles. The maximum atomic E-state index is 11.9. The molecule has 1 aliphatic heterocycles. The second-order valence-corrected chi connectivity index (χ2v) is 5.04. The van der Waals surface area contributed by atoms with Crippen LogP contribution in [-0.4, -0.2) is 47.8 Å². The van der Waals surface area contributed by atoms with Gasteiger partial charge in [0.25, 0.3) is 5.91 Å². The van der Waals surface area contributed by atoms with Crippen LogP contribution in [0, 0.1) is 13.8 Å². The van der Waals surface area contributed by atoms with Crippen LogP contribution in [0.1, 0.15) is 11.1 Å². The van der Waals surface area contributed by atoms with Crippen molar-refractivity contribution in [3.63, 3.8) is 0 Å². The number of benzene rings is 1. The molecule has 2 rings (SSSR count). The Morgan fingerprint density at radius 3 is 2.30 bits per heavy atom. The third-order valence-corrected chi connectivity index (χ3v) is 3.04. The molecule has 1 aromatic carbocycles. The third kappa shape index (κ3) is 2.96. The molecule has 6 heteroatoms. The summed E-state index contributed by atoms with van der Waals surface area (Å²) < 4.78 is 0. The average molecular weight is 275 g/mol. The van der Waals surface area contributed by atoms with Crippen molar-refractivity contribution in [1.82, 2.24) is 9.80 Å². The molecular weight excluding hydrogens is 258 g/mol. The summed E-state index contributed by atoms with van der Waals surface area (Å²) >= 11 is 0. The molecule has 6 nitrogen and oxygen atoms in total. The van der Waals surface area contributed by atoms with Crippen LogP contribution < -0.4 is 5.32 Å². The molecule has 0 unspecified atom stereocenters. The van der Waals surface area contributed by atoms with Gasteiger partial charge in [-0.25, -0.2) is 4.79 Å². The molecular formula is C14H17N3O3. The fraction of sp³-hybridized carbons (Fsp3) is 0.357. The summed E-state index contributed by atoms with van der Waals surface area (Å²) in [5, 5.41) is 2.70. The summed E-state index contributed by atoms with van der Waals surface area (Å²) in [5.41, 5.74) is 2.74. The highest BCUT2D eigenvalue weighted by molar-refractivity contribution is 6.06. The van der Waals surface area contributed by atoms with Gasteiger partial charge >= 0.3 is 6.03 Å². The molecule has 0 bridgehead atoms. The largest absolute Gasteiger partial charge is 0.327 e. The summed E-state index contributed by atoms with van der Waals surface area (Å²) in [6, 6.07) is 5.23. The van der Waals surface area contributed by atoms with E-state index in [2.05, 4.69) is 5.32 Å². The van der Waals surface area contributed by atoms with E-state index in [4.69, 9.17) is 0 Å². The van der Waals surface area contributed by atoms with Gasteiger partial charge in [0.15, 0.2) is 0 Å². The number of imide groups is 1. The van der Waals surface area contributed by atoms with Crippen molar-refractivity contribution in [1.29, 1.82) is 0 Å². The predicted molar refractivity (Wildman–Crippen MR) is 74.3 cm³/mol. The van der Waals surface area contributed by atoms with Gasteiger partial charge in [0.2, 0.25) is 5.91 Å². The summed E-state index contributed by atoms with van der Waals surface area (Å²) in [5.74, 6) is -0.736. The number of carbonyl (C=O) groups is 3. The molecule has 106 valence electrons. The number of urea groups is 1. The second-order valence-electron chi connectivity index (χ2n) is 5.04. The third-order valence-electron chi connectivity index (χ3n) is 3.04.